The number of aryl methyl sites for hydroxylation is 1. The topological polar surface area (TPSA) is 104 Å². The highest BCUT2D eigenvalue weighted by Crippen LogP contribution is 2.49. The number of nitrogens with two attached hydrogens (primary N) is 1. The van der Waals surface area contributed by atoms with E-state index < -0.39 is 5.79 Å². The zero-order valence-electron chi connectivity index (χ0n) is 17.7. The third kappa shape index (κ3) is 3.09. The maximum absolute atomic E-state index is 6.38. The first-order valence-corrected chi connectivity index (χ1v) is 10.8. The summed E-state index contributed by atoms with van der Waals surface area (Å²) in [6.07, 6.45) is 8.38. The minimum absolute atomic E-state index is 0.0174. The maximum Gasteiger partial charge on any atom is 0.163 e. The summed E-state index contributed by atoms with van der Waals surface area (Å²) < 4.78 is 15.0. The molecule has 0 unspecified atom stereocenters. The molecule has 0 spiro atoms. The molecule has 1 saturated carbocycles. The van der Waals surface area contributed by atoms with Gasteiger partial charge in [0.2, 0.25) is 0 Å². The molecule has 0 bridgehead atoms. The van der Waals surface area contributed by atoms with Crippen LogP contribution in [0.15, 0.2) is 43.0 Å². The Morgan fingerprint density at radius 3 is 2.94 bits per heavy atom. The molecule has 4 aromatic rings. The zero-order chi connectivity index (χ0) is 21.2. The maximum atomic E-state index is 6.38. The van der Waals surface area contributed by atoms with Gasteiger partial charge in [-0.2, -0.15) is 0 Å². The molecular formula is C23H26N6O2. The van der Waals surface area contributed by atoms with Crippen molar-refractivity contribution >= 4 is 27.9 Å². The van der Waals surface area contributed by atoms with E-state index in [1.807, 2.05) is 32.2 Å². The van der Waals surface area contributed by atoms with E-state index in [9.17, 15) is 0 Å². The van der Waals surface area contributed by atoms with Crippen molar-refractivity contribution in [1.82, 2.24) is 24.5 Å². The number of ether oxygens (including phenoxy) is 2. The molecule has 0 aromatic carbocycles. The van der Waals surface area contributed by atoms with Crippen LogP contribution in [-0.4, -0.2) is 42.5 Å². The van der Waals surface area contributed by atoms with Gasteiger partial charge in [-0.3, -0.25) is 4.98 Å². The van der Waals surface area contributed by atoms with Gasteiger partial charge >= 0.3 is 0 Å². The molecule has 6 rings (SSSR count). The van der Waals surface area contributed by atoms with Crippen LogP contribution in [0.5, 0.6) is 0 Å². The van der Waals surface area contributed by atoms with Crippen LogP contribution >= 0.6 is 0 Å². The molecule has 160 valence electrons. The summed E-state index contributed by atoms with van der Waals surface area (Å²) in [5.41, 5.74) is 10.2. The predicted octanol–water partition coefficient (Wildman–Crippen LogP) is 3.60. The first-order valence-electron chi connectivity index (χ1n) is 10.8. The zero-order valence-corrected chi connectivity index (χ0v) is 17.7. The number of H-pyrrole nitrogens is 1. The number of fused-ring (bicyclic) bond motifs is 3. The molecule has 8 nitrogen and oxygen atoms in total. The fourth-order valence-electron chi connectivity index (χ4n) is 5.36. The summed E-state index contributed by atoms with van der Waals surface area (Å²) in [5, 5.41) is 0.881. The Hall–Kier alpha value is -2.97. The van der Waals surface area contributed by atoms with E-state index in [0.717, 1.165) is 41.3 Å². The number of aromatic nitrogens is 5. The Morgan fingerprint density at radius 2 is 2.06 bits per heavy atom. The van der Waals surface area contributed by atoms with Gasteiger partial charge in [0.15, 0.2) is 5.79 Å². The largest absolute Gasteiger partial charge is 0.383 e. The standard InChI is InChI=1S/C23H26N6O2/c1-23(2)30-19-13(5-6-14-11-17-16(28-14)4-3-8-25-17)10-18(20(19)31-23)29-9-7-15-21(24)26-12-27-22(15)29/h3-4,7-9,11-13,18-20,28H,5-6,10H2,1-2H3,(H2,24,26,27)/t13-,18+,19+,20-/m0/s1. The molecule has 0 amide bonds. The predicted molar refractivity (Wildman–Crippen MR) is 117 cm³/mol. The van der Waals surface area contributed by atoms with E-state index in [2.05, 4.69) is 42.8 Å². The van der Waals surface area contributed by atoms with Gasteiger partial charge < -0.3 is 24.8 Å². The molecule has 8 heteroatoms. The Bertz CT molecular complexity index is 1230. The fourth-order valence-corrected chi connectivity index (χ4v) is 5.36. The van der Waals surface area contributed by atoms with Crippen molar-refractivity contribution in [2.24, 2.45) is 5.92 Å². The number of hydrogen-bond donors (Lipinski definition) is 2. The molecule has 4 atom stereocenters. The number of nitrogen functional groups attached to an aromatic ring is 1. The van der Waals surface area contributed by atoms with Crippen molar-refractivity contribution in [2.45, 2.75) is 57.1 Å². The molecule has 0 radical (unpaired) electrons. The minimum Gasteiger partial charge on any atom is -0.383 e. The van der Waals surface area contributed by atoms with E-state index in [1.165, 1.54) is 12.0 Å². The first kappa shape index (κ1) is 18.8. The summed E-state index contributed by atoms with van der Waals surface area (Å²) in [5.74, 6) is 0.299. The number of hydrogen-bond acceptors (Lipinski definition) is 6. The van der Waals surface area contributed by atoms with Crippen molar-refractivity contribution < 1.29 is 9.47 Å². The highest BCUT2D eigenvalue weighted by atomic mass is 16.8. The van der Waals surface area contributed by atoms with Crippen molar-refractivity contribution in [3.63, 3.8) is 0 Å². The van der Waals surface area contributed by atoms with Crippen LogP contribution in [0, 0.1) is 5.92 Å². The van der Waals surface area contributed by atoms with Gasteiger partial charge in [0.05, 0.1) is 28.6 Å². The molecule has 1 aliphatic heterocycles. The third-order valence-corrected chi connectivity index (χ3v) is 6.68. The van der Waals surface area contributed by atoms with E-state index >= 15 is 0 Å². The van der Waals surface area contributed by atoms with Gasteiger partial charge in [0.1, 0.15) is 23.9 Å². The molecule has 2 aliphatic rings. The molecular weight excluding hydrogens is 392 g/mol. The second-order valence-corrected chi connectivity index (χ2v) is 9.12. The number of aromatic amines is 1. The first-order chi connectivity index (χ1) is 15.0. The molecule has 2 fully saturated rings. The summed E-state index contributed by atoms with van der Waals surface area (Å²) in [6.45, 7) is 3.99. The average molecular weight is 419 g/mol. The number of pyridine rings is 1. The van der Waals surface area contributed by atoms with E-state index in [4.69, 9.17) is 15.2 Å². The van der Waals surface area contributed by atoms with Gasteiger partial charge in [-0.15, -0.1) is 0 Å². The Labute approximate surface area is 179 Å². The van der Waals surface area contributed by atoms with Crippen LogP contribution in [0.1, 0.15) is 38.4 Å². The highest BCUT2D eigenvalue weighted by molar-refractivity contribution is 5.86. The fraction of sp³-hybridized carbons (Fsp3) is 0.435. The van der Waals surface area contributed by atoms with E-state index in [0.29, 0.717) is 11.7 Å². The molecule has 3 N–H and O–H groups in total. The number of rotatable bonds is 4. The van der Waals surface area contributed by atoms with Crippen LogP contribution in [0.4, 0.5) is 5.82 Å². The van der Waals surface area contributed by atoms with Crippen molar-refractivity contribution in [3.8, 4) is 0 Å². The van der Waals surface area contributed by atoms with Gasteiger partial charge in [-0.1, -0.05) is 0 Å². The monoisotopic (exact) mass is 418 g/mol. The Kier molecular flexibility index (Phi) is 4.10. The normalized spacial score (nSPS) is 27.3. The molecule has 1 aliphatic carbocycles. The average Bonchev–Trinajstić information content (AvgIpc) is 3.47. The number of anilines is 1. The van der Waals surface area contributed by atoms with Crippen molar-refractivity contribution in [2.75, 3.05) is 5.73 Å². The van der Waals surface area contributed by atoms with Crippen LogP contribution < -0.4 is 5.73 Å². The molecule has 1 saturated heterocycles. The smallest absolute Gasteiger partial charge is 0.163 e. The van der Waals surface area contributed by atoms with Gasteiger partial charge in [0, 0.05) is 18.1 Å². The molecule has 31 heavy (non-hydrogen) atoms. The summed E-state index contributed by atoms with van der Waals surface area (Å²) in [6, 6.07) is 8.31. The summed E-state index contributed by atoms with van der Waals surface area (Å²) in [4.78, 5) is 16.6. The lowest BCUT2D eigenvalue weighted by molar-refractivity contribution is -0.160. The lowest BCUT2D eigenvalue weighted by Gasteiger charge is -2.24. The van der Waals surface area contributed by atoms with Crippen LogP contribution in [0.25, 0.3) is 22.1 Å². The SMILES string of the molecule is CC1(C)O[C@@H]2[C@@H](CCc3cc4ncccc4[nH]3)C[C@@H](n3ccc4c(N)ncnc43)[C@@H]2O1. The lowest BCUT2D eigenvalue weighted by atomic mass is 9.98. The van der Waals surface area contributed by atoms with Gasteiger partial charge in [0.25, 0.3) is 0 Å². The van der Waals surface area contributed by atoms with E-state index in [1.54, 1.807) is 0 Å². The van der Waals surface area contributed by atoms with Crippen LogP contribution in [-0.2, 0) is 15.9 Å². The summed E-state index contributed by atoms with van der Waals surface area (Å²) in [7, 11) is 0. The van der Waals surface area contributed by atoms with E-state index in [-0.39, 0.29) is 18.2 Å². The van der Waals surface area contributed by atoms with Crippen LogP contribution in [0.2, 0.25) is 0 Å². The van der Waals surface area contributed by atoms with Gasteiger partial charge in [-0.05, 0) is 63.3 Å². The third-order valence-electron chi connectivity index (χ3n) is 6.68. The quantitative estimate of drug-likeness (QED) is 0.525. The van der Waals surface area contributed by atoms with Crippen LogP contribution in [0.3, 0.4) is 0 Å². The van der Waals surface area contributed by atoms with Gasteiger partial charge in [-0.25, -0.2) is 9.97 Å². The van der Waals surface area contributed by atoms with Crippen molar-refractivity contribution in [1.29, 1.82) is 0 Å². The molecule has 4 aromatic heterocycles. The Morgan fingerprint density at radius 1 is 1.19 bits per heavy atom. The highest BCUT2D eigenvalue weighted by Gasteiger charge is 2.54. The molecule has 5 heterocycles. The number of nitrogens with one attached hydrogen (secondary N) is 1. The second kappa shape index (κ2) is 6.77. The van der Waals surface area contributed by atoms with Crippen molar-refractivity contribution in [3.05, 3.63) is 48.7 Å². The summed E-state index contributed by atoms with van der Waals surface area (Å²) >= 11 is 0. The number of nitrogens with zero attached hydrogens (tertiary/aromatic N) is 4. The lowest BCUT2D eigenvalue weighted by Crippen LogP contribution is -2.27. The second-order valence-electron chi connectivity index (χ2n) is 9.12. The Balaban J connectivity index is 1.28. The minimum atomic E-state index is -0.589.